The van der Waals surface area contributed by atoms with E-state index in [-0.39, 0.29) is 30.6 Å². The molecule has 6 heterocycles. The number of methoxy groups -OCH3 is 1. The number of hydrogen-bond donors (Lipinski definition) is 4. The van der Waals surface area contributed by atoms with Gasteiger partial charge in [-0.25, -0.2) is 9.19 Å². The molecule has 3 aromatic carbocycles. The third-order valence-electron chi connectivity index (χ3n) is 13.8. The van der Waals surface area contributed by atoms with Gasteiger partial charge in [-0.2, -0.15) is 4.98 Å². The monoisotopic (exact) mass is 937 g/mol. The highest BCUT2D eigenvalue weighted by Crippen LogP contribution is 2.36. The number of para-hydroxylation sites is 2. The number of rotatable bonds is 14. The summed E-state index contributed by atoms with van der Waals surface area (Å²) in [5, 5.41) is 9.14. The van der Waals surface area contributed by atoms with E-state index in [9.17, 15) is 23.4 Å². The summed E-state index contributed by atoms with van der Waals surface area (Å²) in [6.45, 7) is 9.17. The highest BCUT2D eigenvalue weighted by Gasteiger charge is 2.45. The number of imide groups is 2. The number of piperidine rings is 3. The summed E-state index contributed by atoms with van der Waals surface area (Å²) in [5.41, 5.74) is 4.83. The number of aromatic nitrogens is 2. The molecule has 0 saturated carbocycles. The maximum Gasteiger partial charge on any atom is 0.262 e. The van der Waals surface area contributed by atoms with Crippen molar-refractivity contribution in [2.24, 2.45) is 5.92 Å². The Hall–Kier alpha value is -5.82. The van der Waals surface area contributed by atoms with Crippen LogP contribution in [0.1, 0.15) is 65.7 Å². The molecule has 5 aliphatic rings. The largest absolute Gasteiger partial charge is 0.494 e. The van der Waals surface area contributed by atoms with E-state index in [4.69, 9.17) is 16.3 Å². The zero-order valence-corrected chi connectivity index (χ0v) is 38.9. The molecule has 0 aliphatic carbocycles. The van der Waals surface area contributed by atoms with E-state index in [0.717, 1.165) is 112 Å². The van der Waals surface area contributed by atoms with Gasteiger partial charge in [0.05, 0.1) is 41.5 Å². The lowest BCUT2D eigenvalue weighted by molar-refractivity contribution is -0.136. The molecular weight excluding hydrogens is 882 g/mol. The standard InChI is InChI=1S/C47H56ClN11O6S/c1-54(66-64)39-6-4-3-5-37(39)50-43-36(48)29-49-47(53-43)51-38-10-8-33(28-41(38)65-2)57-21-16-31(17-22-57)58-25-23-55(24-26-58)18-13-30-14-19-56(20-15-30)32-7-9-34-35(27-32)46(63)59(45(34)62)40-11-12-42(60)52-44(40)61/h3-10,27-31,40,66H,11-26H2,1-2H3,(H,52,60,61)(H2,49,50,51,53). The molecule has 9 rings (SSSR count). The summed E-state index contributed by atoms with van der Waals surface area (Å²) in [4.78, 5) is 70.8. The van der Waals surface area contributed by atoms with Crippen LogP contribution in [0.4, 0.5) is 40.2 Å². The summed E-state index contributed by atoms with van der Waals surface area (Å²) >= 11 is 6.35. The Morgan fingerprint density at radius 1 is 0.818 bits per heavy atom. The fourth-order valence-corrected chi connectivity index (χ4v) is 10.4. The van der Waals surface area contributed by atoms with Crippen molar-refractivity contribution < 1.29 is 28.1 Å². The van der Waals surface area contributed by atoms with Crippen LogP contribution in [0.3, 0.4) is 0 Å². The third-order valence-corrected chi connectivity index (χ3v) is 14.6. The van der Waals surface area contributed by atoms with E-state index >= 15 is 0 Å². The molecule has 0 spiro atoms. The van der Waals surface area contributed by atoms with Gasteiger partial charge >= 0.3 is 0 Å². The normalized spacial score (nSPS) is 20.1. The number of carbonyl (C=O) groups is 4. The quantitative estimate of drug-likeness (QED) is 0.0958. The molecule has 4 fully saturated rings. The molecule has 5 aliphatic heterocycles. The second-order valence-corrected chi connectivity index (χ2v) is 18.8. The van der Waals surface area contributed by atoms with Crippen molar-refractivity contribution in [2.45, 2.75) is 57.0 Å². The van der Waals surface area contributed by atoms with Crippen molar-refractivity contribution in [1.82, 2.24) is 30.0 Å². The van der Waals surface area contributed by atoms with Crippen LogP contribution in [-0.4, -0.2) is 138 Å². The first kappa shape index (κ1) is 45.3. The van der Waals surface area contributed by atoms with Gasteiger partial charge in [0, 0.05) is 89.3 Å². The molecule has 66 heavy (non-hydrogen) atoms. The Morgan fingerprint density at radius 3 is 2.24 bits per heavy atom. The van der Waals surface area contributed by atoms with Crippen LogP contribution >= 0.6 is 11.6 Å². The van der Waals surface area contributed by atoms with E-state index in [2.05, 4.69) is 57.7 Å². The first-order valence-electron chi connectivity index (χ1n) is 22.8. The third kappa shape index (κ3) is 9.68. The zero-order chi connectivity index (χ0) is 45.9. The zero-order valence-electron chi connectivity index (χ0n) is 37.2. The van der Waals surface area contributed by atoms with E-state index in [1.165, 1.54) is 12.6 Å². The second kappa shape index (κ2) is 20.0. The molecule has 0 radical (unpaired) electrons. The van der Waals surface area contributed by atoms with Crippen LogP contribution in [0.25, 0.3) is 0 Å². The molecule has 17 nitrogen and oxygen atoms in total. The lowest BCUT2D eigenvalue weighted by atomic mass is 9.92. The fourth-order valence-electron chi connectivity index (χ4n) is 9.99. The minimum absolute atomic E-state index is 0.101. The predicted molar refractivity (Wildman–Crippen MR) is 257 cm³/mol. The van der Waals surface area contributed by atoms with Crippen molar-refractivity contribution in [3.05, 3.63) is 83.0 Å². The molecule has 4 saturated heterocycles. The van der Waals surface area contributed by atoms with Crippen molar-refractivity contribution in [2.75, 3.05) is 97.8 Å². The fraction of sp³-hybridized carbons (Fsp3) is 0.447. The van der Waals surface area contributed by atoms with E-state index in [1.807, 2.05) is 36.4 Å². The first-order valence-corrected chi connectivity index (χ1v) is 23.9. The highest BCUT2D eigenvalue weighted by molar-refractivity contribution is 7.67. The van der Waals surface area contributed by atoms with Gasteiger partial charge in [0.1, 0.15) is 28.7 Å². The minimum Gasteiger partial charge on any atom is -0.494 e. The number of fused-ring (bicyclic) bond motifs is 1. The van der Waals surface area contributed by atoms with Gasteiger partial charge in [0.15, 0.2) is 5.82 Å². The van der Waals surface area contributed by atoms with Crippen molar-refractivity contribution in [3.63, 3.8) is 0 Å². The maximum atomic E-state index is 13.4. The van der Waals surface area contributed by atoms with Crippen molar-refractivity contribution in [3.8, 4) is 5.75 Å². The van der Waals surface area contributed by atoms with Crippen LogP contribution in [0.15, 0.2) is 66.9 Å². The van der Waals surface area contributed by atoms with Gasteiger partial charge in [-0.15, -0.1) is 0 Å². The highest BCUT2D eigenvalue weighted by atomic mass is 35.5. The number of nitrogens with one attached hydrogen (secondary N) is 3. The number of piperazine rings is 1. The molecular formula is C47H56ClN11O6S. The van der Waals surface area contributed by atoms with E-state index in [0.29, 0.717) is 51.3 Å². The van der Waals surface area contributed by atoms with Crippen molar-refractivity contribution >= 4 is 87.3 Å². The average molecular weight is 939 g/mol. The van der Waals surface area contributed by atoms with Crippen LogP contribution in [0, 0.1) is 5.92 Å². The summed E-state index contributed by atoms with van der Waals surface area (Å²) in [6.07, 6.45) is 7.32. The number of carbonyl (C=O) groups excluding carboxylic acids is 4. The average Bonchev–Trinajstić information content (AvgIpc) is 3.59. The Morgan fingerprint density at radius 2 is 1.52 bits per heavy atom. The molecule has 348 valence electrons. The Kier molecular flexibility index (Phi) is 13.7. The van der Waals surface area contributed by atoms with E-state index in [1.54, 1.807) is 30.6 Å². The SMILES string of the molecule is COc1cc(N2CCC(N3CCN(CCC4CCN(c5ccc6c(c5)C(=O)N(C5CCC(=O)NC5=O)C6=O)CC4)CC3)CC2)ccc1Nc1ncc(Cl)c(Nc2ccccc2N(C)[SH]=O)n1. The van der Waals surface area contributed by atoms with Crippen LogP contribution in [0.2, 0.25) is 5.02 Å². The summed E-state index contributed by atoms with van der Waals surface area (Å²) in [7, 11) is 3.38. The van der Waals surface area contributed by atoms with Gasteiger partial charge in [-0.05, 0) is 93.5 Å². The minimum atomic E-state index is -0.961. The molecule has 4 aromatic rings. The lowest BCUT2D eigenvalue weighted by Gasteiger charge is -2.43. The predicted octanol–water partition coefficient (Wildman–Crippen LogP) is 5.22. The Bertz CT molecular complexity index is 2490. The molecule has 19 heteroatoms. The van der Waals surface area contributed by atoms with Gasteiger partial charge in [0.25, 0.3) is 11.8 Å². The van der Waals surface area contributed by atoms with Crippen molar-refractivity contribution in [1.29, 1.82) is 0 Å². The Balaban J connectivity index is 0.706. The number of hydrogen-bond acceptors (Lipinski definition) is 14. The second-order valence-electron chi connectivity index (χ2n) is 17.6. The topological polar surface area (TPSA) is 176 Å². The molecule has 4 amide bonds. The van der Waals surface area contributed by atoms with Crippen LogP contribution in [0.5, 0.6) is 5.75 Å². The Labute approximate surface area is 393 Å². The van der Waals surface area contributed by atoms with Crippen LogP contribution in [-0.2, 0) is 21.4 Å². The number of benzene rings is 3. The van der Waals surface area contributed by atoms with Gasteiger partial charge in [-0.1, -0.05) is 23.7 Å². The number of halogens is 1. The summed E-state index contributed by atoms with van der Waals surface area (Å²) < 4.78 is 19.0. The number of nitrogens with zero attached hydrogens (tertiary/aromatic N) is 8. The molecule has 1 unspecified atom stereocenters. The van der Waals surface area contributed by atoms with E-state index < -0.39 is 23.8 Å². The summed E-state index contributed by atoms with van der Waals surface area (Å²) in [5.74, 6) is 0.159. The summed E-state index contributed by atoms with van der Waals surface area (Å²) in [6, 6.07) is 18.7. The molecule has 0 bridgehead atoms. The number of anilines is 7. The molecule has 1 atom stereocenters. The smallest absolute Gasteiger partial charge is 0.262 e. The first-order chi connectivity index (χ1) is 32.1. The number of amides is 4. The van der Waals surface area contributed by atoms with Crippen LogP contribution < -0.4 is 34.8 Å². The number of thiol groups is 1. The number of ether oxygens (including phenoxy) is 1. The van der Waals surface area contributed by atoms with Gasteiger partial charge in [0.2, 0.25) is 17.8 Å². The van der Waals surface area contributed by atoms with Gasteiger partial charge in [-0.3, -0.25) is 38.6 Å². The molecule has 1 aromatic heterocycles. The van der Waals surface area contributed by atoms with Gasteiger partial charge < -0.3 is 30.1 Å². The molecule has 3 N–H and O–H groups in total. The lowest BCUT2D eigenvalue weighted by Crippen LogP contribution is -2.54. The maximum absolute atomic E-state index is 13.4.